The molecule has 0 radical (unpaired) electrons. The van der Waals surface area contributed by atoms with Crippen LogP contribution >= 0.6 is 11.3 Å². The second kappa shape index (κ2) is 8.12. The Morgan fingerprint density at radius 2 is 1.87 bits per heavy atom. The van der Waals surface area contributed by atoms with E-state index in [4.69, 9.17) is 4.74 Å². The van der Waals surface area contributed by atoms with Gasteiger partial charge in [0, 0.05) is 56.1 Å². The molecular weight excluding hydrogens is 400 g/mol. The molecule has 0 spiro atoms. The summed E-state index contributed by atoms with van der Waals surface area (Å²) in [4.78, 5) is 40.1. The maximum Gasteiger partial charge on any atom is 0.264 e. The van der Waals surface area contributed by atoms with Crippen LogP contribution in [0.15, 0.2) is 42.9 Å². The molecule has 0 saturated carbocycles. The third-order valence-electron chi connectivity index (χ3n) is 5.79. The van der Waals surface area contributed by atoms with E-state index in [9.17, 15) is 9.59 Å². The number of thiophene rings is 1. The van der Waals surface area contributed by atoms with Gasteiger partial charge in [0.1, 0.15) is 4.83 Å². The molecule has 2 amide bonds. The predicted molar refractivity (Wildman–Crippen MR) is 114 cm³/mol. The second-order valence-corrected chi connectivity index (χ2v) is 8.58. The van der Waals surface area contributed by atoms with Gasteiger partial charge in [-0.05, 0) is 30.2 Å². The molecule has 2 saturated heterocycles. The smallest absolute Gasteiger partial charge is 0.264 e. The molecule has 1 atom stereocenters. The van der Waals surface area contributed by atoms with Gasteiger partial charge in [0.15, 0.2) is 0 Å². The van der Waals surface area contributed by atoms with Gasteiger partial charge in [0.2, 0.25) is 0 Å². The third-order valence-corrected chi connectivity index (χ3v) is 6.91. The van der Waals surface area contributed by atoms with Gasteiger partial charge in [-0.3, -0.25) is 14.6 Å². The van der Waals surface area contributed by atoms with Crippen LogP contribution in [0, 0.1) is 0 Å². The first-order chi connectivity index (χ1) is 14.7. The fraction of sp³-hybridized carbons (Fsp3) is 0.364. The molecule has 0 bridgehead atoms. The van der Waals surface area contributed by atoms with Crippen molar-refractivity contribution in [3.63, 3.8) is 0 Å². The Bertz CT molecular complexity index is 1080. The van der Waals surface area contributed by atoms with E-state index >= 15 is 0 Å². The first kappa shape index (κ1) is 19.1. The largest absolute Gasteiger partial charge is 0.378 e. The van der Waals surface area contributed by atoms with Crippen LogP contribution < -0.4 is 0 Å². The Balaban J connectivity index is 1.46. The highest BCUT2D eigenvalue weighted by Crippen LogP contribution is 2.40. The minimum absolute atomic E-state index is 0.00989. The summed E-state index contributed by atoms with van der Waals surface area (Å²) in [5, 5.41) is 1.03. The summed E-state index contributed by atoms with van der Waals surface area (Å²) in [7, 11) is 0. The number of likely N-dealkylation sites (tertiary alicyclic amines) is 1. The highest BCUT2D eigenvalue weighted by atomic mass is 32.1. The predicted octanol–water partition coefficient (Wildman–Crippen LogP) is 2.79. The van der Waals surface area contributed by atoms with Crippen LogP contribution in [0.4, 0.5) is 0 Å². The number of morpholine rings is 1. The summed E-state index contributed by atoms with van der Waals surface area (Å²) in [6, 6.07) is 7.52. The number of carbonyl (C=O) groups is 2. The SMILES string of the molecule is O=C(c1cccnc1)N1CCC(c2c(C(=O)N3CCOCC3)sc3ncccc23)C1. The Labute approximate surface area is 178 Å². The minimum Gasteiger partial charge on any atom is -0.378 e. The highest BCUT2D eigenvalue weighted by Gasteiger charge is 2.34. The van der Waals surface area contributed by atoms with Crippen molar-refractivity contribution in [1.29, 1.82) is 0 Å². The zero-order valence-electron chi connectivity index (χ0n) is 16.5. The van der Waals surface area contributed by atoms with Crippen molar-refractivity contribution in [2.24, 2.45) is 0 Å². The van der Waals surface area contributed by atoms with Crippen LogP contribution in [-0.2, 0) is 4.74 Å². The first-order valence-corrected chi connectivity index (χ1v) is 11.0. The van der Waals surface area contributed by atoms with Crippen molar-refractivity contribution in [3.05, 3.63) is 58.9 Å². The molecule has 3 aromatic rings. The summed E-state index contributed by atoms with van der Waals surface area (Å²) in [6.07, 6.45) is 5.86. The molecule has 2 aliphatic heterocycles. The number of amides is 2. The van der Waals surface area contributed by atoms with Gasteiger partial charge in [0.05, 0.1) is 23.7 Å². The van der Waals surface area contributed by atoms with Gasteiger partial charge in [-0.15, -0.1) is 11.3 Å². The van der Waals surface area contributed by atoms with Gasteiger partial charge in [-0.2, -0.15) is 0 Å². The summed E-state index contributed by atoms with van der Waals surface area (Å²) >= 11 is 1.46. The van der Waals surface area contributed by atoms with E-state index in [2.05, 4.69) is 9.97 Å². The number of ether oxygens (including phenoxy) is 1. The summed E-state index contributed by atoms with van der Waals surface area (Å²) in [6.45, 7) is 3.62. The van der Waals surface area contributed by atoms with Crippen molar-refractivity contribution < 1.29 is 14.3 Å². The maximum atomic E-state index is 13.3. The van der Waals surface area contributed by atoms with E-state index in [1.165, 1.54) is 11.3 Å². The van der Waals surface area contributed by atoms with Crippen LogP contribution in [0.3, 0.4) is 0 Å². The van der Waals surface area contributed by atoms with E-state index in [1.54, 1.807) is 30.7 Å². The van der Waals surface area contributed by atoms with Gasteiger partial charge < -0.3 is 14.5 Å². The third kappa shape index (κ3) is 3.46. The number of nitrogens with zero attached hydrogens (tertiary/aromatic N) is 4. The van der Waals surface area contributed by atoms with Crippen LogP contribution in [-0.4, -0.2) is 71.0 Å². The lowest BCUT2D eigenvalue weighted by molar-refractivity contribution is 0.0305. The Morgan fingerprint density at radius 3 is 2.67 bits per heavy atom. The second-order valence-electron chi connectivity index (χ2n) is 7.58. The molecule has 1 unspecified atom stereocenters. The van der Waals surface area contributed by atoms with Gasteiger partial charge in [-0.1, -0.05) is 6.07 Å². The van der Waals surface area contributed by atoms with E-state index < -0.39 is 0 Å². The fourth-order valence-electron chi connectivity index (χ4n) is 4.28. The summed E-state index contributed by atoms with van der Waals surface area (Å²) in [5.41, 5.74) is 1.64. The van der Waals surface area contributed by atoms with Crippen molar-refractivity contribution in [2.45, 2.75) is 12.3 Å². The van der Waals surface area contributed by atoms with E-state index in [0.717, 1.165) is 27.1 Å². The number of carbonyl (C=O) groups excluding carboxylic acids is 2. The average molecular weight is 423 g/mol. The number of pyridine rings is 2. The lowest BCUT2D eigenvalue weighted by Crippen LogP contribution is -2.40. The zero-order valence-corrected chi connectivity index (χ0v) is 17.3. The van der Waals surface area contributed by atoms with Crippen LogP contribution in [0.5, 0.6) is 0 Å². The van der Waals surface area contributed by atoms with Crippen molar-refractivity contribution in [1.82, 2.24) is 19.8 Å². The molecule has 8 heteroatoms. The van der Waals surface area contributed by atoms with Gasteiger partial charge in [-0.25, -0.2) is 4.98 Å². The highest BCUT2D eigenvalue weighted by molar-refractivity contribution is 7.20. The van der Waals surface area contributed by atoms with E-state index in [-0.39, 0.29) is 17.7 Å². The topological polar surface area (TPSA) is 75.6 Å². The molecule has 30 heavy (non-hydrogen) atoms. The molecule has 2 fully saturated rings. The number of hydrogen-bond acceptors (Lipinski definition) is 6. The van der Waals surface area contributed by atoms with E-state index in [1.807, 2.05) is 21.9 Å². The standard InChI is InChI=1S/C22H22N4O3S/c27-21(15-3-1-6-23-13-15)26-8-5-16(14-26)18-17-4-2-7-24-20(17)30-19(18)22(28)25-9-11-29-12-10-25/h1-4,6-7,13,16H,5,8-12,14H2. The van der Waals surface area contributed by atoms with Crippen LogP contribution in [0.2, 0.25) is 0 Å². The van der Waals surface area contributed by atoms with Gasteiger partial charge in [0.25, 0.3) is 11.8 Å². The Morgan fingerprint density at radius 1 is 1.03 bits per heavy atom. The molecule has 2 aliphatic rings. The lowest BCUT2D eigenvalue weighted by atomic mass is 9.95. The Kier molecular flexibility index (Phi) is 5.18. The number of hydrogen-bond donors (Lipinski definition) is 0. The fourth-order valence-corrected chi connectivity index (χ4v) is 5.48. The summed E-state index contributed by atoms with van der Waals surface area (Å²) < 4.78 is 5.41. The molecule has 5 heterocycles. The zero-order chi connectivity index (χ0) is 20.5. The minimum atomic E-state index is -0.00989. The van der Waals surface area contributed by atoms with Gasteiger partial charge >= 0.3 is 0 Å². The molecule has 0 aliphatic carbocycles. The lowest BCUT2D eigenvalue weighted by Gasteiger charge is -2.27. The van der Waals surface area contributed by atoms with Crippen LogP contribution in [0.1, 0.15) is 37.9 Å². The number of fused-ring (bicyclic) bond motifs is 1. The quantitative estimate of drug-likeness (QED) is 0.649. The molecule has 0 aromatic carbocycles. The normalized spacial score (nSPS) is 19.4. The average Bonchev–Trinajstić information content (AvgIpc) is 3.44. The number of rotatable bonds is 3. The van der Waals surface area contributed by atoms with Crippen LogP contribution in [0.25, 0.3) is 10.2 Å². The molecule has 0 N–H and O–H groups in total. The molecule has 7 nitrogen and oxygen atoms in total. The molecule has 5 rings (SSSR count). The monoisotopic (exact) mass is 422 g/mol. The van der Waals surface area contributed by atoms with Crippen molar-refractivity contribution in [2.75, 3.05) is 39.4 Å². The molecular formula is C22H22N4O3S. The first-order valence-electron chi connectivity index (χ1n) is 10.2. The van der Waals surface area contributed by atoms with Crippen molar-refractivity contribution >= 4 is 33.4 Å². The van der Waals surface area contributed by atoms with E-state index in [0.29, 0.717) is 45.0 Å². The summed E-state index contributed by atoms with van der Waals surface area (Å²) in [5.74, 6) is 0.154. The maximum absolute atomic E-state index is 13.3. The Hall–Kier alpha value is -2.84. The van der Waals surface area contributed by atoms with Crippen molar-refractivity contribution in [3.8, 4) is 0 Å². The molecule has 154 valence electrons. The number of aromatic nitrogens is 2. The molecule has 3 aromatic heterocycles.